The Kier molecular flexibility index (Phi) is 6.51. The van der Waals surface area contributed by atoms with Gasteiger partial charge in [-0.05, 0) is 82.3 Å². The van der Waals surface area contributed by atoms with Crippen LogP contribution in [-0.2, 0) is 27.1 Å². The molecule has 1 fully saturated rings. The first-order valence-electron chi connectivity index (χ1n) is 11.3. The molecule has 0 unspecified atom stereocenters. The van der Waals surface area contributed by atoms with Crippen molar-refractivity contribution >= 4 is 22.0 Å². The Bertz CT molecular complexity index is 1030. The topological polar surface area (TPSA) is 66.0 Å². The van der Waals surface area contributed by atoms with E-state index in [9.17, 15) is 4.79 Å². The SMILES string of the molecule is CC(C)(C)OC(=O)NC1(CCc2ccc3c(c2)Cc2ccc(Br)cc2O3)COC(C)(C)OC1. The van der Waals surface area contributed by atoms with Crippen LogP contribution in [0.1, 0.15) is 57.7 Å². The minimum Gasteiger partial charge on any atom is -0.457 e. The number of benzene rings is 2. The zero-order valence-corrected chi connectivity index (χ0v) is 21.5. The minimum atomic E-state index is -0.676. The van der Waals surface area contributed by atoms with Gasteiger partial charge < -0.3 is 24.3 Å². The summed E-state index contributed by atoms with van der Waals surface area (Å²) in [6.07, 6.45) is 1.78. The lowest BCUT2D eigenvalue weighted by molar-refractivity contribution is -0.271. The van der Waals surface area contributed by atoms with Gasteiger partial charge in [-0.25, -0.2) is 4.79 Å². The van der Waals surface area contributed by atoms with Gasteiger partial charge >= 0.3 is 6.09 Å². The molecule has 2 aromatic rings. The molecule has 0 aliphatic carbocycles. The minimum absolute atomic E-state index is 0.357. The maximum Gasteiger partial charge on any atom is 0.408 e. The third-order valence-electron chi connectivity index (χ3n) is 5.81. The number of fused-ring (bicyclic) bond motifs is 2. The van der Waals surface area contributed by atoms with E-state index in [1.165, 1.54) is 11.1 Å². The van der Waals surface area contributed by atoms with Crippen LogP contribution in [0.15, 0.2) is 40.9 Å². The highest BCUT2D eigenvalue weighted by Gasteiger charge is 2.42. The van der Waals surface area contributed by atoms with Crippen molar-refractivity contribution in [2.75, 3.05) is 13.2 Å². The van der Waals surface area contributed by atoms with Gasteiger partial charge in [0.05, 0.1) is 18.8 Å². The summed E-state index contributed by atoms with van der Waals surface area (Å²) in [4.78, 5) is 12.6. The van der Waals surface area contributed by atoms with E-state index in [1.807, 2.05) is 52.8 Å². The van der Waals surface area contributed by atoms with Crippen molar-refractivity contribution in [2.24, 2.45) is 0 Å². The summed E-state index contributed by atoms with van der Waals surface area (Å²) in [6.45, 7) is 10.0. The van der Waals surface area contributed by atoms with Crippen LogP contribution in [0.4, 0.5) is 4.79 Å². The molecule has 2 aliphatic heterocycles. The molecule has 0 radical (unpaired) electrons. The normalized spacial score (nSPS) is 18.5. The zero-order chi connectivity index (χ0) is 23.9. The molecule has 1 amide bonds. The first-order chi connectivity index (χ1) is 15.4. The number of hydrogen-bond donors (Lipinski definition) is 1. The van der Waals surface area contributed by atoms with E-state index in [0.29, 0.717) is 19.6 Å². The fourth-order valence-electron chi connectivity index (χ4n) is 4.01. The third-order valence-corrected chi connectivity index (χ3v) is 6.30. The van der Waals surface area contributed by atoms with Gasteiger partial charge in [0.1, 0.15) is 17.1 Å². The summed E-state index contributed by atoms with van der Waals surface area (Å²) in [5.74, 6) is 1.10. The number of nitrogens with one attached hydrogen (secondary N) is 1. The van der Waals surface area contributed by atoms with E-state index in [4.69, 9.17) is 18.9 Å². The van der Waals surface area contributed by atoms with Crippen molar-refractivity contribution in [3.63, 3.8) is 0 Å². The van der Waals surface area contributed by atoms with Crippen LogP contribution in [0.3, 0.4) is 0 Å². The Morgan fingerprint density at radius 2 is 1.79 bits per heavy atom. The molecule has 178 valence electrons. The highest BCUT2D eigenvalue weighted by atomic mass is 79.9. The molecule has 0 spiro atoms. The van der Waals surface area contributed by atoms with Gasteiger partial charge in [0.25, 0.3) is 0 Å². The summed E-state index contributed by atoms with van der Waals surface area (Å²) >= 11 is 3.51. The Labute approximate surface area is 204 Å². The van der Waals surface area contributed by atoms with Crippen molar-refractivity contribution in [3.8, 4) is 11.5 Å². The summed E-state index contributed by atoms with van der Waals surface area (Å²) in [5, 5.41) is 3.04. The fourth-order valence-corrected chi connectivity index (χ4v) is 4.35. The van der Waals surface area contributed by atoms with Crippen molar-refractivity contribution in [3.05, 3.63) is 57.6 Å². The summed E-state index contributed by atoms with van der Waals surface area (Å²) < 4.78 is 24.5. The summed E-state index contributed by atoms with van der Waals surface area (Å²) in [6, 6.07) is 12.4. The van der Waals surface area contributed by atoms with Gasteiger partial charge in [0.2, 0.25) is 0 Å². The van der Waals surface area contributed by atoms with Gasteiger partial charge in [-0.3, -0.25) is 0 Å². The molecule has 1 saturated heterocycles. The maximum absolute atomic E-state index is 12.6. The average Bonchev–Trinajstić information content (AvgIpc) is 2.71. The van der Waals surface area contributed by atoms with Crippen LogP contribution in [0.2, 0.25) is 0 Å². The van der Waals surface area contributed by atoms with Crippen LogP contribution in [-0.4, -0.2) is 36.2 Å². The lowest BCUT2D eigenvalue weighted by atomic mass is 9.90. The first kappa shape index (κ1) is 24.0. The quantitative estimate of drug-likeness (QED) is 0.451. The smallest absolute Gasteiger partial charge is 0.408 e. The van der Waals surface area contributed by atoms with Gasteiger partial charge in [-0.1, -0.05) is 34.1 Å². The number of carbonyl (C=O) groups is 1. The molecule has 0 atom stereocenters. The van der Waals surface area contributed by atoms with Gasteiger partial charge in [0, 0.05) is 10.9 Å². The average molecular weight is 518 g/mol. The van der Waals surface area contributed by atoms with E-state index >= 15 is 0 Å². The molecule has 0 bridgehead atoms. The van der Waals surface area contributed by atoms with Crippen LogP contribution in [0.5, 0.6) is 11.5 Å². The molecule has 7 heteroatoms. The van der Waals surface area contributed by atoms with E-state index in [0.717, 1.165) is 34.4 Å². The van der Waals surface area contributed by atoms with Gasteiger partial charge in [-0.15, -0.1) is 0 Å². The summed E-state index contributed by atoms with van der Waals surface area (Å²) in [7, 11) is 0. The second-order valence-corrected chi connectivity index (χ2v) is 11.3. The number of carbonyl (C=O) groups excluding carboxylic acids is 1. The second kappa shape index (κ2) is 8.93. The number of hydrogen-bond acceptors (Lipinski definition) is 5. The standard InChI is InChI=1S/C26H32BrNO5/c1-24(2,3)33-23(29)28-26(15-30-25(4,5)31-16-26)11-10-17-6-9-21-19(12-17)13-18-7-8-20(27)14-22(18)32-21/h6-9,12,14H,10-11,13,15-16H2,1-5H3,(H,28,29). The van der Waals surface area contributed by atoms with Gasteiger partial charge in [-0.2, -0.15) is 0 Å². The molecule has 2 aliphatic rings. The third kappa shape index (κ3) is 6.08. The second-order valence-electron chi connectivity index (χ2n) is 10.4. The van der Waals surface area contributed by atoms with Crippen LogP contribution >= 0.6 is 15.9 Å². The predicted octanol–water partition coefficient (Wildman–Crippen LogP) is 6.12. The molecular weight excluding hydrogens is 486 g/mol. The molecule has 4 rings (SSSR count). The molecule has 33 heavy (non-hydrogen) atoms. The van der Waals surface area contributed by atoms with Crippen LogP contribution in [0.25, 0.3) is 0 Å². The highest BCUT2D eigenvalue weighted by molar-refractivity contribution is 9.10. The number of rotatable bonds is 4. The fraction of sp³-hybridized carbons (Fsp3) is 0.500. The highest BCUT2D eigenvalue weighted by Crippen LogP contribution is 2.38. The number of amides is 1. The number of halogens is 1. The Hall–Kier alpha value is -2.09. The van der Waals surface area contributed by atoms with Crippen molar-refractivity contribution in [1.29, 1.82) is 0 Å². The van der Waals surface area contributed by atoms with Crippen molar-refractivity contribution in [1.82, 2.24) is 5.32 Å². The molecule has 2 aromatic carbocycles. The van der Waals surface area contributed by atoms with E-state index in [1.54, 1.807) is 0 Å². The monoisotopic (exact) mass is 517 g/mol. The zero-order valence-electron chi connectivity index (χ0n) is 19.9. The van der Waals surface area contributed by atoms with Gasteiger partial charge in [0.15, 0.2) is 5.79 Å². The number of ether oxygens (including phenoxy) is 4. The molecule has 1 N–H and O–H groups in total. The number of alkyl carbamates (subject to hydrolysis) is 1. The Balaban J connectivity index is 1.47. The maximum atomic E-state index is 12.6. The van der Waals surface area contributed by atoms with E-state index in [2.05, 4.69) is 39.4 Å². The van der Waals surface area contributed by atoms with Crippen molar-refractivity contribution in [2.45, 2.75) is 70.8 Å². The molecule has 2 heterocycles. The van der Waals surface area contributed by atoms with E-state index in [-0.39, 0.29) is 0 Å². The van der Waals surface area contributed by atoms with E-state index < -0.39 is 23.0 Å². The molecular formula is C26H32BrNO5. The predicted molar refractivity (Wildman–Crippen MR) is 130 cm³/mol. The van der Waals surface area contributed by atoms with Crippen molar-refractivity contribution < 1.29 is 23.7 Å². The first-order valence-corrected chi connectivity index (χ1v) is 12.1. The summed E-state index contributed by atoms with van der Waals surface area (Å²) in [5.41, 5.74) is 2.26. The molecule has 0 aromatic heterocycles. The lowest BCUT2D eigenvalue weighted by Gasteiger charge is -2.44. The molecule has 0 saturated carbocycles. The van der Waals surface area contributed by atoms with Crippen LogP contribution < -0.4 is 10.1 Å². The van der Waals surface area contributed by atoms with Crippen LogP contribution in [0, 0.1) is 0 Å². The number of aryl methyl sites for hydroxylation is 1. The largest absolute Gasteiger partial charge is 0.457 e. The Morgan fingerprint density at radius 3 is 2.48 bits per heavy atom. The molecule has 6 nitrogen and oxygen atoms in total. The Morgan fingerprint density at radius 1 is 1.06 bits per heavy atom. The lowest BCUT2D eigenvalue weighted by Crippen LogP contribution is -2.61.